The van der Waals surface area contributed by atoms with Crippen LogP contribution >= 0.6 is 0 Å². The number of halogens is 6. The van der Waals surface area contributed by atoms with Gasteiger partial charge in [-0.05, 0) is 89.8 Å². The molecule has 0 radical (unpaired) electrons. The van der Waals surface area contributed by atoms with Crippen molar-refractivity contribution in [2.45, 2.75) is 51.6 Å². The Hall–Kier alpha value is -5.01. The van der Waals surface area contributed by atoms with Gasteiger partial charge >= 0.3 is 12.4 Å². The lowest BCUT2D eigenvalue weighted by Crippen LogP contribution is -2.40. The van der Waals surface area contributed by atoms with Crippen LogP contribution in [0.4, 0.5) is 32.0 Å². The van der Waals surface area contributed by atoms with Gasteiger partial charge in [0.2, 0.25) is 11.8 Å². The molecule has 278 valence electrons. The number of amides is 2. The molecule has 1 saturated heterocycles. The van der Waals surface area contributed by atoms with E-state index in [1.165, 1.54) is 0 Å². The van der Waals surface area contributed by atoms with Crippen molar-refractivity contribution in [2.24, 2.45) is 23.7 Å². The Kier molecular flexibility index (Phi) is 10.3. The first-order chi connectivity index (χ1) is 25.0. The van der Waals surface area contributed by atoms with Gasteiger partial charge in [-0.3, -0.25) is 14.6 Å². The van der Waals surface area contributed by atoms with E-state index in [0.29, 0.717) is 39.3 Å². The molecule has 0 saturated carbocycles. The number of aliphatic hydroxyl groups excluding tert-OH is 2. The third-order valence-electron chi connectivity index (χ3n) is 10.1. The summed E-state index contributed by atoms with van der Waals surface area (Å²) in [6.45, 7) is 2.89. The van der Waals surface area contributed by atoms with Crippen molar-refractivity contribution in [2.75, 3.05) is 11.5 Å². The van der Waals surface area contributed by atoms with Crippen LogP contribution in [0.1, 0.15) is 55.5 Å². The van der Waals surface area contributed by atoms with Gasteiger partial charge in [0.25, 0.3) is 0 Å². The number of allylic oxidation sites excluding steroid dienone is 2. The van der Waals surface area contributed by atoms with E-state index in [9.17, 15) is 51.3 Å². The summed E-state index contributed by atoms with van der Waals surface area (Å²) in [5.74, 6) is -5.86. The van der Waals surface area contributed by atoms with Gasteiger partial charge in [-0.15, -0.1) is 0 Å². The Bertz CT molecular complexity index is 2080. The highest BCUT2D eigenvalue weighted by Gasteiger charge is 2.56. The molecule has 53 heavy (non-hydrogen) atoms. The number of phenols is 1. The summed E-state index contributed by atoms with van der Waals surface area (Å²) in [5.41, 5.74) is -1.20. The molecular formula is C40H36F6N2O5. The predicted molar refractivity (Wildman–Crippen MR) is 186 cm³/mol. The van der Waals surface area contributed by atoms with Gasteiger partial charge < -0.3 is 15.3 Å². The number of alkyl halides is 6. The van der Waals surface area contributed by atoms with E-state index in [1.807, 2.05) is 18.2 Å². The van der Waals surface area contributed by atoms with Gasteiger partial charge in [0.1, 0.15) is 5.75 Å². The lowest BCUT2D eigenvalue weighted by atomic mass is 9.66. The number of nitrogens with zero attached hydrogens (tertiary/aromatic N) is 2. The fraction of sp³-hybridized carbons (Fsp3) is 0.325. The summed E-state index contributed by atoms with van der Waals surface area (Å²) in [7, 11) is 0. The average molecular weight is 739 g/mol. The molecular weight excluding hydrogens is 702 g/mol. The van der Waals surface area contributed by atoms with Crippen molar-refractivity contribution < 1.29 is 51.3 Å². The van der Waals surface area contributed by atoms with E-state index in [-0.39, 0.29) is 37.0 Å². The first-order valence-electron chi connectivity index (χ1n) is 17.0. The van der Waals surface area contributed by atoms with Gasteiger partial charge in [-0.25, -0.2) is 4.90 Å². The first kappa shape index (κ1) is 37.7. The second-order valence-corrected chi connectivity index (χ2v) is 13.7. The van der Waals surface area contributed by atoms with E-state index in [4.69, 9.17) is 0 Å². The van der Waals surface area contributed by atoms with Crippen LogP contribution in [-0.4, -0.2) is 44.8 Å². The van der Waals surface area contributed by atoms with Crippen molar-refractivity contribution in [1.82, 2.24) is 4.98 Å². The summed E-state index contributed by atoms with van der Waals surface area (Å²) in [5, 5.41) is 34.4. The maximum absolute atomic E-state index is 14.0. The van der Waals surface area contributed by atoms with Gasteiger partial charge in [-0.1, -0.05) is 55.8 Å². The SMILES string of the molecule is CC(C)C1=C([C@H](O)CC/C(=C/c2ccc(O)c3ccccc23)c2ccccn2)[C@H](CO)[C@@H]2C(=O)N(c3cc(C(F)(F)F)cc(C(F)(F)F)c3)C(=O)[C@@H]2C1. The molecule has 3 aromatic carbocycles. The Morgan fingerprint density at radius 2 is 1.55 bits per heavy atom. The van der Waals surface area contributed by atoms with E-state index in [0.717, 1.165) is 16.5 Å². The molecule has 0 spiro atoms. The summed E-state index contributed by atoms with van der Waals surface area (Å²) in [6.07, 6.45) is -7.90. The van der Waals surface area contributed by atoms with Crippen LogP contribution in [0, 0.1) is 23.7 Å². The third kappa shape index (κ3) is 7.32. The van der Waals surface area contributed by atoms with Crippen LogP contribution in [0.3, 0.4) is 0 Å². The highest BCUT2D eigenvalue weighted by atomic mass is 19.4. The lowest BCUT2D eigenvalue weighted by Gasteiger charge is -2.38. The number of rotatable bonds is 9. The number of aromatic nitrogens is 1. The Morgan fingerprint density at radius 3 is 2.13 bits per heavy atom. The highest BCUT2D eigenvalue weighted by Crippen LogP contribution is 2.50. The van der Waals surface area contributed by atoms with Gasteiger partial charge in [0, 0.05) is 17.5 Å². The third-order valence-corrected chi connectivity index (χ3v) is 10.1. The number of phenolic OH excluding ortho intramolecular Hbond substituents is 1. The standard InChI is InChI=1S/C40H36F6N2O5/c1-21(2)29-19-30-36(38(53)48(37(30)52)26-17-24(39(41,42)43)16-25(18-26)40(44,45)46)31(20-49)35(29)34(51)13-11-23(32-9-5-6-14-47-32)15-22-10-12-33(50)28-8-4-3-7-27(22)28/h3-10,12,14-18,21,30-31,34,36,49-51H,11,13,19-20H2,1-2H3/b23-15-/t30-,31+,34-,36-/m1/s1. The molecule has 3 N–H and O–H groups in total. The molecule has 4 aromatic rings. The van der Waals surface area contributed by atoms with E-state index >= 15 is 0 Å². The Labute approximate surface area is 300 Å². The van der Waals surface area contributed by atoms with Crippen molar-refractivity contribution in [3.8, 4) is 5.75 Å². The van der Waals surface area contributed by atoms with Crippen LogP contribution in [0.2, 0.25) is 0 Å². The van der Waals surface area contributed by atoms with Crippen LogP contribution in [0.5, 0.6) is 5.75 Å². The molecule has 13 heteroatoms. The van der Waals surface area contributed by atoms with Crippen molar-refractivity contribution in [1.29, 1.82) is 0 Å². The second kappa shape index (κ2) is 14.4. The maximum atomic E-state index is 14.0. The number of carbonyl (C=O) groups is 2. The number of fused-ring (bicyclic) bond motifs is 2. The van der Waals surface area contributed by atoms with Gasteiger partial charge in [-0.2, -0.15) is 26.3 Å². The molecule has 2 amide bonds. The number of benzene rings is 3. The van der Waals surface area contributed by atoms with E-state index < -0.39 is 71.4 Å². The van der Waals surface area contributed by atoms with E-state index in [1.54, 1.807) is 62.5 Å². The molecule has 0 unspecified atom stereocenters. The molecule has 0 bridgehead atoms. The van der Waals surface area contributed by atoms with Crippen molar-refractivity contribution in [3.63, 3.8) is 0 Å². The van der Waals surface area contributed by atoms with Crippen molar-refractivity contribution >= 4 is 39.9 Å². The van der Waals surface area contributed by atoms with Crippen LogP contribution in [0.25, 0.3) is 22.4 Å². The molecule has 1 fully saturated rings. The molecule has 2 aliphatic rings. The summed E-state index contributed by atoms with van der Waals surface area (Å²) in [4.78, 5) is 32.6. The summed E-state index contributed by atoms with van der Waals surface area (Å²) in [6, 6.07) is 16.6. The monoisotopic (exact) mass is 738 g/mol. The number of imide groups is 1. The second-order valence-electron chi connectivity index (χ2n) is 13.7. The summed E-state index contributed by atoms with van der Waals surface area (Å²) < 4.78 is 82.3. The number of hydrogen-bond acceptors (Lipinski definition) is 6. The topological polar surface area (TPSA) is 111 Å². The molecule has 2 heterocycles. The minimum absolute atomic E-state index is 0.0757. The Morgan fingerprint density at radius 1 is 0.906 bits per heavy atom. The average Bonchev–Trinajstić information content (AvgIpc) is 3.37. The minimum atomic E-state index is -5.20. The molecule has 1 aliphatic heterocycles. The lowest BCUT2D eigenvalue weighted by molar-refractivity contribution is -0.143. The number of hydrogen-bond donors (Lipinski definition) is 3. The molecule has 1 aromatic heterocycles. The molecule has 7 nitrogen and oxygen atoms in total. The smallest absolute Gasteiger partial charge is 0.416 e. The zero-order chi connectivity index (χ0) is 38.4. The van der Waals surface area contributed by atoms with Crippen LogP contribution in [-0.2, 0) is 21.9 Å². The minimum Gasteiger partial charge on any atom is -0.507 e. The quantitative estimate of drug-likeness (QED) is 0.0904. The van der Waals surface area contributed by atoms with Gasteiger partial charge in [0.05, 0.1) is 47.1 Å². The van der Waals surface area contributed by atoms with Gasteiger partial charge in [0.15, 0.2) is 0 Å². The zero-order valence-electron chi connectivity index (χ0n) is 28.6. The molecule has 1 aliphatic carbocycles. The van der Waals surface area contributed by atoms with Crippen molar-refractivity contribution in [3.05, 3.63) is 113 Å². The number of aliphatic hydroxyl groups is 2. The number of pyridine rings is 1. The Balaban J connectivity index is 1.35. The first-order valence-corrected chi connectivity index (χ1v) is 17.0. The summed E-state index contributed by atoms with van der Waals surface area (Å²) >= 11 is 0. The zero-order valence-corrected chi connectivity index (χ0v) is 28.6. The molecule has 6 rings (SSSR count). The number of aromatic hydroxyl groups is 1. The maximum Gasteiger partial charge on any atom is 0.416 e. The predicted octanol–water partition coefficient (Wildman–Crippen LogP) is 8.43. The largest absolute Gasteiger partial charge is 0.507 e. The van der Waals surface area contributed by atoms with Crippen LogP contribution in [0.15, 0.2) is 90.1 Å². The fourth-order valence-electron chi connectivity index (χ4n) is 7.66. The van der Waals surface area contributed by atoms with Crippen LogP contribution < -0.4 is 4.90 Å². The number of carbonyl (C=O) groups excluding carboxylic acids is 2. The van der Waals surface area contributed by atoms with E-state index in [2.05, 4.69) is 4.98 Å². The fourth-order valence-corrected chi connectivity index (χ4v) is 7.66. The highest BCUT2D eigenvalue weighted by molar-refractivity contribution is 6.22. The normalized spacial score (nSPS) is 20.5. The number of anilines is 1. The molecule has 4 atom stereocenters.